The Morgan fingerprint density at radius 2 is 1.81 bits per heavy atom. The van der Waals surface area contributed by atoms with Gasteiger partial charge in [-0.2, -0.15) is 0 Å². The minimum atomic E-state index is -0.496. The lowest BCUT2D eigenvalue weighted by atomic mass is 10.1. The van der Waals surface area contributed by atoms with Gasteiger partial charge in [-0.25, -0.2) is 9.37 Å². The van der Waals surface area contributed by atoms with Gasteiger partial charge in [0.2, 0.25) is 0 Å². The third kappa shape index (κ3) is 4.06. The van der Waals surface area contributed by atoms with Crippen molar-refractivity contribution >= 4 is 40.0 Å². The van der Waals surface area contributed by atoms with Gasteiger partial charge in [0, 0.05) is 16.6 Å². The van der Waals surface area contributed by atoms with Crippen LogP contribution in [0.2, 0.25) is 5.02 Å². The summed E-state index contributed by atoms with van der Waals surface area (Å²) in [7, 11) is 0. The van der Waals surface area contributed by atoms with Crippen molar-refractivity contribution < 1.29 is 9.18 Å². The maximum absolute atomic E-state index is 13.1. The van der Waals surface area contributed by atoms with Crippen LogP contribution in [0.15, 0.2) is 52.4 Å². The number of rotatable bonds is 5. The second-order valence-electron chi connectivity index (χ2n) is 6.46. The summed E-state index contributed by atoms with van der Waals surface area (Å²) in [4.78, 5) is 30.1. The molecule has 0 N–H and O–H groups in total. The fraction of sp³-hybridized carbons (Fsp3) is 0.250. The molecule has 27 heavy (non-hydrogen) atoms. The standard InChI is InChI=1S/C20H18ClFN2O2S/c1-11(2)24-19(26)16-9-6-14(21)10-17(16)23-20(24)27-12(3)18(25)13-4-7-15(22)8-5-13/h4-12H,1-3H3/t12-/m0/s1. The summed E-state index contributed by atoms with van der Waals surface area (Å²) in [5.41, 5.74) is 0.739. The van der Waals surface area contributed by atoms with E-state index in [4.69, 9.17) is 11.6 Å². The van der Waals surface area contributed by atoms with Crippen LogP contribution in [-0.2, 0) is 0 Å². The molecule has 0 bridgehead atoms. The van der Waals surface area contributed by atoms with Crippen LogP contribution in [0.25, 0.3) is 10.9 Å². The van der Waals surface area contributed by atoms with E-state index in [9.17, 15) is 14.0 Å². The van der Waals surface area contributed by atoms with E-state index in [1.807, 2.05) is 13.8 Å². The Morgan fingerprint density at radius 3 is 2.44 bits per heavy atom. The first-order valence-electron chi connectivity index (χ1n) is 8.46. The van der Waals surface area contributed by atoms with Crippen LogP contribution in [0, 0.1) is 5.82 Å². The molecule has 3 aromatic rings. The van der Waals surface area contributed by atoms with Gasteiger partial charge in [0.05, 0.1) is 16.2 Å². The summed E-state index contributed by atoms with van der Waals surface area (Å²) in [6, 6.07) is 10.3. The highest BCUT2D eigenvalue weighted by Crippen LogP contribution is 2.27. The second kappa shape index (κ2) is 7.82. The lowest BCUT2D eigenvalue weighted by Gasteiger charge is -2.18. The summed E-state index contributed by atoms with van der Waals surface area (Å²) in [5, 5.41) is 0.926. The van der Waals surface area contributed by atoms with Gasteiger partial charge in [-0.05, 0) is 63.2 Å². The van der Waals surface area contributed by atoms with Gasteiger partial charge in [0.25, 0.3) is 5.56 Å². The Balaban J connectivity index is 2.02. The molecule has 0 fully saturated rings. The summed E-state index contributed by atoms with van der Waals surface area (Å²) in [6.45, 7) is 5.53. The van der Waals surface area contributed by atoms with E-state index in [1.54, 1.807) is 29.7 Å². The monoisotopic (exact) mass is 404 g/mol. The van der Waals surface area contributed by atoms with Gasteiger partial charge in [0.15, 0.2) is 10.9 Å². The highest BCUT2D eigenvalue weighted by Gasteiger charge is 2.21. The molecule has 7 heteroatoms. The SMILES string of the molecule is CC(C)n1c(S[C@@H](C)C(=O)c2ccc(F)cc2)nc2cc(Cl)ccc2c1=O. The largest absolute Gasteiger partial charge is 0.293 e. The number of aromatic nitrogens is 2. The first kappa shape index (κ1) is 19.6. The lowest BCUT2D eigenvalue weighted by Crippen LogP contribution is -2.26. The summed E-state index contributed by atoms with van der Waals surface area (Å²) >= 11 is 7.24. The van der Waals surface area contributed by atoms with E-state index in [2.05, 4.69) is 4.98 Å². The van der Waals surface area contributed by atoms with Crippen molar-refractivity contribution in [1.82, 2.24) is 9.55 Å². The molecule has 0 spiro atoms. The quantitative estimate of drug-likeness (QED) is 0.336. The Morgan fingerprint density at radius 1 is 1.15 bits per heavy atom. The number of nitrogens with zero attached hydrogens (tertiary/aromatic N) is 2. The zero-order chi connectivity index (χ0) is 19.7. The number of ketones is 1. The average Bonchev–Trinajstić information content (AvgIpc) is 2.61. The van der Waals surface area contributed by atoms with Crippen molar-refractivity contribution in [2.45, 2.75) is 37.2 Å². The smallest absolute Gasteiger partial charge is 0.262 e. The van der Waals surface area contributed by atoms with Gasteiger partial charge in [-0.15, -0.1) is 0 Å². The first-order chi connectivity index (χ1) is 12.8. The molecule has 0 aliphatic rings. The van der Waals surface area contributed by atoms with Gasteiger partial charge in [0.1, 0.15) is 5.82 Å². The summed E-state index contributed by atoms with van der Waals surface area (Å²) in [6.07, 6.45) is 0. The van der Waals surface area contributed by atoms with Crippen molar-refractivity contribution in [3.63, 3.8) is 0 Å². The van der Waals surface area contributed by atoms with Crippen LogP contribution in [0.3, 0.4) is 0 Å². The van der Waals surface area contributed by atoms with E-state index in [1.165, 1.54) is 36.0 Å². The van der Waals surface area contributed by atoms with Crippen molar-refractivity contribution in [1.29, 1.82) is 0 Å². The number of benzene rings is 2. The molecule has 1 aromatic heterocycles. The Kier molecular flexibility index (Phi) is 5.67. The van der Waals surface area contributed by atoms with Gasteiger partial charge < -0.3 is 0 Å². The zero-order valence-corrected chi connectivity index (χ0v) is 16.6. The van der Waals surface area contributed by atoms with Crippen molar-refractivity contribution in [2.24, 2.45) is 0 Å². The fourth-order valence-corrected chi connectivity index (χ4v) is 4.03. The number of hydrogen-bond acceptors (Lipinski definition) is 4. The first-order valence-corrected chi connectivity index (χ1v) is 9.72. The Labute approximate surface area is 165 Å². The van der Waals surface area contributed by atoms with Gasteiger partial charge >= 0.3 is 0 Å². The number of carbonyl (C=O) groups is 1. The zero-order valence-electron chi connectivity index (χ0n) is 15.1. The Hall–Kier alpha value is -2.18. The normalized spacial score (nSPS) is 12.5. The van der Waals surface area contributed by atoms with E-state index in [0.717, 1.165) is 0 Å². The lowest BCUT2D eigenvalue weighted by molar-refractivity contribution is 0.0993. The molecule has 1 heterocycles. The Bertz CT molecular complexity index is 1060. The molecule has 0 radical (unpaired) electrons. The fourth-order valence-electron chi connectivity index (χ4n) is 2.75. The van der Waals surface area contributed by atoms with Crippen LogP contribution < -0.4 is 5.56 Å². The summed E-state index contributed by atoms with van der Waals surface area (Å²) in [5.74, 6) is -0.552. The minimum absolute atomic E-state index is 0.124. The van der Waals surface area contributed by atoms with Crippen LogP contribution in [0.1, 0.15) is 37.2 Å². The molecule has 4 nitrogen and oxygen atoms in total. The van der Waals surface area contributed by atoms with Crippen molar-refractivity contribution in [3.8, 4) is 0 Å². The highest BCUT2D eigenvalue weighted by atomic mass is 35.5. The molecule has 0 saturated carbocycles. The molecule has 3 rings (SSSR count). The number of Topliss-reactive ketones (excluding diaryl/α,β-unsaturated/α-hetero) is 1. The molecule has 0 aliphatic heterocycles. The van der Waals surface area contributed by atoms with E-state index in [-0.39, 0.29) is 17.4 Å². The molecule has 0 aliphatic carbocycles. The second-order valence-corrected chi connectivity index (χ2v) is 8.20. The molecule has 1 atom stereocenters. The van der Waals surface area contributed by atoms with Crippen LogP contribution in [0.5, 0.6) is 0 Å². The van der Waals surface area contributed by atoms with Gasteiger partial charge in [-0.1, -0.05) is 23.4 Å². The third-order valence-corrected chi connectivity index (χ3v) is 5.43. The number of carbonyl (C=O) groups excluding carboxylic acids is 1. The number of hydrogen-bond donors (Lipinski definition) is 0. The molecule has 140 valence electrons. The van der Waals surface area contributed by atoms with Crippen molar-refractivity contribution in [3.05, 3.63) is 69.2 Å². The molecule has 2 aromatic carbocycles. The predicted octanol–water partition coefficient (Wildman–Crippen LogP) is 5.13. The van der Waals surface area contributed by atoms with E-state index in [0.29, 0.717) is 26.6 Å². The molecule has 0 unspecified atom stereocenters. The summed E-state index contributed by atoms with van der Waals surface area (Å²) < 4.78 is 14.7. The average molecular weight is 405 g/mol. The van der Waals surface area contributed by atoms with Crippen LogP contribution >= 0.6 is 23.4 Å². The highest BCUT2D eigenvalue weighted by molar-refractivity contribution is 8.00. The van der Waals surface area contributed by atoms with Crippen LogP contribution in [-0.4, -0.2) is 20.6 Å². The maximum Gasteiger partial charge on any atom is 0.262 e. The molecular formula is C20H18ClFN2O2S. The predicted molar refractivity (Wildman–Crippen MR) is 107 cm³/mol. The molecule has 0 amide bonds. The van der Waals surface area contributed by atoms with Crippen molar-refractivity contribution in [2.75, 3.05) is 0 Å². The van der Waals surface area contributed by atoms with E-state index >= 15 is 0 Å². The maximum atomic E-state index is 13.1. The third-order valence-electron chi connectivity index (χ3n) is 4.13. The number of thioether (sulfide) groups is 1. The van der Waals surface area contributed by atoms with Crippen LogP contribution in [0.4, 0.5) is 4.39 Å². The van der Waals surface area contributed by atoms with E-state index < -0.39 is 11.1 Å². The number of fused-ring (bicyclic) bond motifs is 1. The topological polar surface area (TPSA) is 52.0 Å². The molecule has 0 saturated heterocycles. The minimum Gasteiger partial charge on any atom is -0.293 e. The number of halogens is 2. The van der Waals surface area contributed by atoms with Gasteiger partial charge in [-0.3, -0.25) is 14.2 Å². The molecular weight excluding hydrogens is 387 g/mol.